The van der Waals surface area contributed by atoms with Crippen LogP contribution in [-0.2, 0) is 11.0 Å². The lowest BCUT2D eigenvalue weighted by Gasteiger charge is -2.15. The van der Waals surface area contributed by atoms with E-state index in [1.807, 2.05) is 53.7 Å². The molecule has 1 aromatic carbocycles. The van der Waals surface area contributed by atoms with Gasteiger partial charge in [-0.3, -0.25) is 4.79 Å². The summed E-state index contributed by atoms with van der Waals surface area (Å²) in [4.78, 5) is 12.8. The Kier molecular flexibility index (Phi) is 5.94. The van der Waals surface area contributed by atoms with Crippen molar-refractivity contribution in [2.45, 2.75) is 58.3 Å². The van der Waals surface area contributed by atoms with Gasteiger partial charge in [0.1, 0.15) is 16.6 Å². The van der Waals surface area contributed by atoms with Gasteiger partial charge in [-0.25, -0.2) is 4.21 Å². The summed E-state index contributed by atoms with van der Waals surface area (Å²) in [5.41, 5.74) is 3.41. The summed E-state index contributed by atoms with van der Waals surface area (Å²) in [6.45, 7) is 13.2. The van der Waals surface area contributed by atoms with Crippen molar-refractivity contribution in [3.63, 3.8) is 0 Å². The Labute approximate surface area is 155 Å². The second-order valence-electron chi connectivity index (χ2n) is 7.00. The van der Waals surface area contributed by atoms with Crippen molar-refractivity contribution in [3.8, 4) is 0 Å². The van der Waals surface area contributed by atoms with Gasteiger partial charge in [0.05, 0.1) is 15.8 Å². The molecule has 1 heterocycles. The highest BCUT2D eigenvalue weighted by Crippen LogP contribution is 2.28. The van der Waals surface area contributed by atoms with E-state index in [0.717, 1.165) is 16.9 Å². The van der Waals surface area contributed by atoms with Gasteiger partial charge in [0.25, 0.3) is 0 Å². The highest BCUT2D eigenvalue weighted by molar-refractivity contribution is 7.99. The Balaban J connectivity index is 2.78. The van der Waals surface area contributed by atoms with Crippen LogP contribution in [0.1, 0.15) is 51.3 Å². The number of rotatable bonds is 4. The van der Waals surface area contributed by atoms with Gasteiger partial charge < -0.3 is 4.42 Å². The van der Waals surface area contributed by atoms with Crippen molar-refractivity contribution in [1.82, 2.24) is 0 Å². The Hall–Kier alpha value is -1.40. The summed E-state index contributed by atoms with van der Waals surface area (Å²) in [7, 11) is -1.37. The van der Waals surface area contributed by atoms with Crippen molar-refractivity contribution in [2.75, 3.05) is 5.75 Å². The van der Waals surface area contributed by atoms with E-state index in [2.05, 4.69) is 4.40 Å². The van der Waals surface area contributed by atoms with Crippen LogP contribution in [0.2, 0.25) is 0 Å². The quantitative estimate of drug-likeness (QED) is 0.566. The van der Waals surface area contributed by atoms with Gasteiger partial charge >= 0.3 is 0 Å². The molecule has 0 N–H and O–H groups in total. The molecule has 0 saturated carbocycles. The van der Waals surface area contributed by atoms with E-state index >= 15 is 0 Å². The van der Waals surface area contributed by atoms with E-state index < -0.39 is 15.7 Å². The molecular formula is C19H25NO3S2. The van der Waals surface area contributed by atoms with Crippen LogP contribution in [-0.4, -0.2) is 20.4 Å². The Morgan fingerprint density at radius 1 is 1.28 bits per heavy atom. The summed E-state index contributed by atoms with van der Waals surface area (Å²) in [6.07, 6.45) is 0. The molecule has 0 bridgehead atoms. The maximum atomic E-state index is 12.8. The number of hydrogen-bond donors (Lipinski definition) is 0. The molecule has 136 valence electrons. The third-order valence-corrected chi connectivity index (χ3v) is 6.16. The first-order valence-electron chi connectivity index (χ1n) is 8.24. The van der Waals surface area contributed by atoms with Gasteiger partial charge in [0.15, 0.2) is 10.5 Å². The molecule has 0 radical (unpaired) electrons. The van der Waals surface area contributed by atoms with Crippen LogP contribution in [0.25, 0.3) is 11.0 Å². The molecule has 0 spiro atoms. The molecule has 1 atom stereocenters. The maximum absolute atomic E-state index is 12.8. The number of benzene rings is 1. The normalized spacial score (nSPS) is 14.1. The maximum Gasteiger partial charge on any atom is 0.196 e. The summed E-state index contributed by atoms with van der Waals surface area (Å²) in [5, 5.41) is 1.18. The zero-order valence-electron chi connectivity index (χ0n) is 15.9. The molecule has 0 amide bonds. The van der Waals surface area contributed by atoms with Crippen LogP contribution >= 0.6 is 11.8 Å². The first kappa shape index (κ1) is 19.9. The van der Waals surface area contributed by atoms with Gasteiger partial charge in [-0.1, -0.05) is 18.7 Å². The monoisotopic (exact) mass is 379 g/mol. The van der Waals surface area contributed by atoms with Crippen LogP contribution in [0.3, 0.4) is 0 Å². The van der Waals surface area contributed by atoms with Crippen molar-refractivity contribution in [1.29, 1.82) is 0 Å². The SMILES string of the molecule is CCSc1oc2c(/C(C)=N\[S@](=O)C(C)(C)C)cc(C)cc2c(=O)c1C. The largest absolute Gasteiger partial charge is 0.449 e. The Morgan fingerprint density at radius 2 is 1.92 bits per heavy atom. The average Bonchev–Trinajstić information content (AvgIpc) is 2.51. The second-order valence-corrected chi connectivity index (χ2v) is 10.1. The highest BCUT2D eigenvalue weighted by atomic mass is 32.2. The van der Waals surface area contributed by atoms with Gasteiger partial charge in [-0.2, -0.15) is 4.40 Å². The van der Waals surface area contributed by atoms with E-state index in [9.17, 15) is 9.00 Å². The van der Waals surface area contributed by atoms with Crippen LogP contribution in [0, 0.1) is 13.8 Å². The van der Waals surface area contributed by atoms with Crippen molar-refractivity contribution < 1.29 is 8.63 Å². The second kappa shape index (κ2) is 7.46. The third-order valence-electron chi connectivity index (χ3n) is 3.73. The van der Waals surface area contributed by atoms with Crippen molar-refractivity contribution in [3.05, 3.63) is 39.0 Å². The predicted molar refractivity (Wildman–Crippen MR) is 108 cm³/mol. The van der Waals surface area contributed by atoms with Crippen molar-refractivity contribution >= 4 is 39.4 Å². The standard InChI is InChI=1S/C19H25NO3S2/c1-8-24-18-12(3)16(21)15-10-11(2)9-14(17(15)23-18)13(4)20-25(22)19(5,6)7/h9-10H,8H2,1-7H3/b20-13-/t25-/m1/s1. The average molecular weight is 380 g/mol. The molecule has 0 aliphatic rings. The molecular weight excluding hydrogens is 354 g/mol. The molecule has 0 aliphatic carbocycles. The minimum atomic E-state index is -1.37. The van der Waals surface area contributed by atoms with E-state index in [-0.39, 0.29) is 5.43 Å². The van der Waals surface area contributed by atoms with Gasteiger partial charge in [-0.05, 0) is 65.0 Å². The van der Waals surface area contributed by atoms with E-state index in [1.54, 1.807) is 6.92 Å². The summed E-state index contributed by atoms with van der Waals surface area (Å²) >= 11 is 1.51. The number of nitrogens with zero attached hydrogens (tertiary/aromatic N) is 1. The number of aryl methyl sites for hydroxylation is 1. The molecule has 0 aliphatic heterocycles. The lowest BCUT2D eigenvalue weighted by atomic mass is 10.0. The molecule has 0 fully saturated rings. The smallest absolute Gasteiger partial charge is 0.196 e. The first-order valence-corrected chi connectivity index (χ1v) is 10.3. The fraction of sp³-hybridized carbons (Fsp3) is 0.474. The lowest BCUT2D eigenvalue weighted by Crippen LogP contribution is -2.20. The Morgan fingerprint density at radius 3 is 2.48 bits per heavy atom. The van der Waals surface area contributed by atoms with Crippen LogP contribution in [0.5, 0.6) is 0 Å². The summed E-state index contributed by atoms with van der Waals surface area (Å²) in [6, 6.07) is 3.77. The summed E-state index contributed by atoms with van der Waals surface area (Å²) in [5.74, 6) is 0.817. The fourth-order valence-corrected chi connectivity index (χ4v) is 3.70. The topological polar surface area (TPSA) is 59.6 Å². The lowest BCUT2D eigenvalue weighted by molar-refractivity contribution is 0.492. The number of thioether (sulfide) groups is 1. The van der Waals surface area contributed by atoms with E-state index in [1.165, 1.54) is 11.8 Å². The molecule has 0 unspecified atom stereocenters. The van der Waals surface area contributed by atoms with Gasteiger partial charge in [-0.15, -0.1) is 0 Å². The number of hydrogen-bond acceptors (Lipinski definition) is 4. The zero-order chi connectivity index (χ0) is 18.9. The predicted octanol–water partition coefficient (Wildman–Crippen LogP) is 4.79. The molecule has 6 heteroatoms. The number of fused-ring (bicyclic) bond motifs is 1. The molecule has 2 aromatic rings. The summed E-state index contributed by atoms with van der Waals surface area (Å²) < 4.78 is 22.4. The van der Waals surface area contributed by atoms with E-state index in [0.29, 0.717) is 27.3 Å². The minimum Gasteiger partial charge on any atom is -0.449 e. The third kappa shape index (κ3) is 4.23. The zero-order valence-corrected chi connectivity index (χ0v) is 17.5. The van der Waals surface area contributed by atoms with Crippen LogP contribution in [0.4, 0.5) is 0 Å². The van der Waals surface area contributed by atoms with Crippen molar-refractivity contribution in [2.24, 2.45) is 4.40 Å². The minimum absolute atomic E-state index is 0.0214. The van der Waals surface area contributed by atoms with Crippen LogP contribution < -0.4 is 5.43 Å². The van der Waals surface area contributed by atoms with Gasteiger partial charge in [0.2, 0.25) is 0 Å². The van der Waals surface area contributed by atoms with Gasteiger partial charge in [0, 0.05) is 11.1 Å². The molecule has 4 nitrogen and oxygen atoms in total. The molecule has 2 rings (SSSR count). The molecule has 25 heavy (non-hydrogen) atoms. The first-order chi connectivity index (χ1) is 11.6. The highest BCUT2D eigenvalue weighted by Gasteiger charge is 2.21. The van der Waals surface area contributed by atoms with E-state index in [4.69, 9.17) is 4.42 Å². The molecule has 0 saturated heterocycles. The Bertz CT molecular complexity index is 921. The molecule has 1 aromatic heterocycles. The fourth-order valence-electron chi connectivity index (χ4n) is 2.36. The van der Waals surface area contributed by atoms with Crippen LogP contribution in [0.15, 0.2) is 30.8 Å².